The maximum Gasteiger partial charge on any atom is 0.148 e. The van der Waals surface area contributed by atoms with E-state index >= 15 is 0 Å². The average Bonchev–Trinajstić information content (AvgIpc) is 3.04. The first kappa shape index (κ1) is 12.6. The molecule has 21 heavy (non-hydrogen) atoms. The van der Waals surface area contributed by atoms with E-state index in [1.54, 1.807) is 0 Å². The van der Waals surface area contributed by atoms with Crippen LogP contribution in [0.3, 0.4) is 0 Å². The minimum atomic E-state index is 0.666. The van der Waals surface area contributed by atoms with Gasteiger partial charge in [0.1, 0.15) is 5.82 Å². The average molecular weight is 293 g/mol. The van der Waals surface area contributed by atoms with Crippen molar-refractivity contribution in [1.29, 1.82) is 5.26 Å². The number of nitrogens with one attached hydrogen (secondary N) is 1. The Morgan fingerprint density at radius 3 is 2.95 bits per heavy atom. The molecule has 4 heteroatoms. The molecule has 0 saturated heterocycles. The Bertz CT molecular complexity index is 827. The van der Waals surface area contributed by atoms with Crippen molar-refractivity contribution in [2.75, 3.05) is 0 Å². The first-order chi connectivity index (χ1) is 10.3. The van der Waals surface area contributed by atoms with Crippen molar-refractivity contribution >= 4 is 22.4 Å². The minimum absolute atomic E-state index is 0.666. The zero-order chi connectivity index (χ0) is 14.2. The molecule has 0 fully saturated rings. The standard InChI is InChI=1S/C17H15N3S/c18-10-11-6-7-13-14(8-11)20-17(19-13)16-9-12-4-2-1-3-5-15(12)21-16/h6-9H,1-5H2,(H,19,20). The predicted octanol–water partition coefficient (Wildman–Crippen LogP) is 4.43. The second-order valence-corrected chi connectivity index (χ2v) is 6.69. The molecule has 3 nitrogen and oxygen atoms in total. The molecule has 0 amide bonds. The van der Waals surface area contributed by atoms with Gasteiger partial charge in [-0.2, -0.15) is 5.26 Å². The van der Waals surface area contributed by atoms with Crippen LogP contribution in [0.1, 0.15) is 35.3 Å². The lowest BCUT2D eigenvalue weighted by Crippen LogP contribution is -1.81. The molecule has 0 unspecified atom stereocenters. The highest BCUT2D eigenvalue weighted by atomic mass is 32.1. The molecule has 0 atom stereocenters. The van der Waals surface area contributed by atoms with Gasteiger partial charge in [-0.3, -0.25) is 0 Å². The van der Waals surface area contributed by atoms with Crippen molar-refractivity contribution in [2.45, 2.75) is 32.1 Å². The van der Waals surface area contributed by atoms with Crippen LogP contribution in [0.5, 0.6) is 0 Å². The molecule has 2 heterocycles. The predicted molar refractivity (Wildman–Crippen MR) is 85.4 cm³/mol. The largest absolute Gasteiger partial charge is 0.337 e. The van der Waals surface area contributed by atoms with Crippen LogP contribution < -0.4 is 0 Å². The summed E-state index contributed by atoms with van der Waals surface area (Å²) in [5.41, 5.74) is 4.03. The van der Waals surface area contributed by atoms with Gasteiger partial charge in [-0.15, -0.1) is 11.3 Å². The second kappa shape index (κ2) is 5.01. The molecule has 0 bridgehead atoms. The highest BCUT2D eigenvalue weighted by Gasteiger charge is 2.15. The first-order valence-corrected chi connectivity index (χ1v) is 8.17. The lowest BCUT2D eigenvalue weighted by Gasteiger charge is -1.92. The van der Waals surface area contributed by atoms with E-state index in [1.165, 1.54) is 47.4 Å². The number of imidazole rings is 1. The summed E-state index contributed by atoms with van der Waals surface area (Å²) < 4.78 is 0. The summed E-state index contributed by atoms with van der Waals surface area (Å²) in [7, 11) is 0. The lowest BCUT2D eigenvalue weighted by molar-refractivity contribution is 0.713. The molecular weight excluding hydrogens is 278 g/mol. The van der Waals surface area contributed by atoms with Gasteiger partial charge in [-0.1, -0.05) is 6.42 Å². The Kier molecular flexibility index (Phi) is 3.01. The molecule has 1 N–H and O–H groups in total. The molecule has 1 aliphatic rings. The van der Waals surface area contributed by atoms with E-state index in [9.17, 15) is 0 Å². The van der Waals surface area contributed by atoms with Crippen LogP contribution in [0, 0.1) is 11.3 Å². The van der Waals surface area contributed by atoms with E-state index < -0.39 is 0 Å². The number of hydrogen-bond donors (Lipinski definition) is 1. The van der Waals surface area contributed by atoms with Crippen molar-refractivity contribution in [3.63, 3.8) is 0 Å². The second-order valence-electron chi connectivity index (χ2n) is 5.55. The van der Waals surface area contributed by atoms with E-state index in [1.807, 2.05) is 29.5 Å². The number of nitrogens with zero attached hydrogens (tertiary/aromatic N) is 2. The molecular formula is C17H15N3S. The Hall–Kier alpha value is -2.12. The summed E-state index contributed by atoms with van der Waals surface area (Å²) >= 11 is 1.87. The summed E-state index contributed by atoms with van der Waals surface area (Å²) in [5, 5.41) is 8.98. The normalized spacial score (nSPS) is 14.6. The van der Waals surface area contributed by atoms with Crippen LogP contribution in [0.4, 0.5) is 0 Å². The topological polar surface area (TPSA) is 52.5 Å². The zero-order valence-electron chi connectivity index (χ0n) is 11.6. The number of aryl methyl sites for hydroxylation is 2. The maximum absolute atomic E-state index is 8.98. The van der Waals surface area contributed by atoms with Gasteiger partial charge in [-0.25, -0.2) is 4.98 Å². The van der Waals surface area contributed by atoms with Crippen molar-refractivity contribution < 1.29 is 0 Å². The highest BCUT2D eigenvalue weighted by molar-refractivity contribution is 7.15. The number of nitriles is 1. The summed E-state index contributed by atoms with van der Waals surface area (Å²) in [6, 6.07) is 10.1. The molecule has 0 radical (unpaired) electrons. The number of aromatic nitrogens is 2. The summed E-state index contributed by atoms with van der Waals surface area (Å²) in [6.07, 6.45) is 6.36. The fraction of sp³-hybridized carbons (Fsp3) is 0.294. The summed E-state index contributed by atoms with van der Waals surface area (Å²) in [4.78, 5) is 10.8. The number of H-pyrrole nitrogens is 1. The number of fused-ring (bicyclic) bond motifs is 2. The fourth-order valence-electron chi connectivity index (χ4n) is 2.98. The van der Waals surface area contributed by atoms with Crippen LogP contribution in [0.25, 0.3) is 21.7 Å². The monoisotopic (exact) mass is 293 g/mol. The van der Waals surface area contributed by atoms with Crippen molar-refractivity contribution in [2.24, 2.45) is 0 Å². The summed E-state index contributed by atoms with van der Waals surface area (Å²) in [5.74, 6) is 0.929. The quantitative estimate of drug-likeness (QED) is 0.675. The molecule has 4 rings (SSSR count). The van der Waals surface area contributed by atoms with E-state index in [-0.39, 0.29) is 0 Å². The number of hydrogen-bond acceptors (Lipinski definition) is 3. The molecule has 0 spiro atoms. The highest BCUT2D eigenvalue weighted by Crippen LogP contribution is 2.34. The van der Waals surface area contributed by atoms with Crippen molar-refractivity contribution in [3.05, 3.63) is 40.3 Å². The first-order valence-electron chi connectivity index (χ1n) is 7.35. The van der Waals surface area contributed by atoms with Crippen LogP contribution >= 0.6 is 11.3 Å². The third-order valence-electron chi connectivity index (χ3n) is 4.09. The molecule has 104 valence electrons. The van der Waals surface area contributed by atoms with E-state index in [2.05, 4.69) is 22.1 Å². The smallest absolute Gasteiger partial charge is 0.148 e. The summed E-state index contributed by atoms with van der Waals surface area (Å²) in [6.45, 7) is 0. The van der Waals surface area contributed by atoms with Gasteiger partial charge < -0.3 is 4.98 Å². The van der Waals surface area contributed by atoms with Gasteiger partial charge in [0.2, 0.25) is 0 Å². The minimum Gasteiger partial charge on any atom is -0.337 e. The van der Waals surface area contributed by atoms with Crippen LogP contribution in [-0.2, 0) is 12.8 Å². The van der Waals surface area contributed by atoms with Gasteiger partial charge in [-0.05, 0) is 55.5 Å². The van der Waals surface area contributed by atoms with E-state index in [4.69, 9.17) is 5.26 Å². The van der Waals surface area contributed by atoms with Gasteiger partial charge in [0.25, 0.3) is 0 Å². The third-order valence-corrected chi connectivity index (χ3v) is 5.33. The molecule has 3 aromatic rings. The Labute approximate surface area is 127 Å². The Morgan fingerprint density at radius 2 is 2.05 bits per heavy atom. The fourth-order valence-corrected chi connectivity index (χ4v) is 4.18. The third kappa shape index (κ3) is 2.24. The number of thiophene rings is 1. The Morgan fingerprint density at radius 1 is 1.14 bits per heavy atom. The molecule has 1 aliphatic carbocycles. The SMILES string of the molecule is N#Cc1ccc2nc(-c3cc4c(s3)CCCCC4)[nH]c2c1. The van der Waals surface area contributed by atoms with Gasteiger partial charge in [0.05, 0.1) is 27.5 Å². The van der Waals surface area contributed by atoms with Gasteiger partial charge in [0.15, 0.2) is 0 Å². The zero-order valence-corrected chi connectivity index (χ0v) is 12.5. The number of benzene rings is 1. The van der Waals surface area contributed by atoms with E-state index in [0.29, 0.717) is 5.56 Å². The lowest BCUT2D eigenvalue weighted by atomic mass is 10.1. The Balaban J connectivity index is 1.78. The van der Waals surface area contributed by atoms with E-state index in [0.717, 1.165) is 16.9 Å². The molecule has 0 aliphatic heterocycles. The molecule has 2 aromatic heterocycles. The number of rotatable bonds is 1. The van der Waals surface area contributed by atoms with Crippen LogP contribution in [0.15, 0.2) is 24.3 Å². The van der Waals surface area contributed by atoms with Crippen molar-refractivity contribution in [3.8, 4) is 16.8 Å². The van der Waals surface area contributed by atoms with Gasteiger partial charge in [0, 0.05) is 4.88 Å². The molecule has 0 saturated carbocycles. The van der Waals surface area contributed by atoms with Crippen molar-refractivity contribution in [1.82, 2.24) is 9.97 Å². The number of aromatic amines is 1. The van der Waals surface area contributed by atoms with Gasteiger partial charge >= 0.3 is 0 Å². The van der Waals surface area contributed by atoms with Crippen LogP contribution in [-0.4, -0.2) is 9.97 Å². The van der Waals surface area contributed by atoms with Crippen LogP contribution in [0.2, 0.25) is 0 Å². The maximum atomic E-state index is 8.98. The molecule has 1 aromatic carbocycles.